The molecule has 6 nitrogen and oxygen atoms in total. The number of ether oxygens (including phenoxy) is 1. The zero-order valence-corrected chi connectivity index (χ0v) is 18.3. The molecular formula is C24H34O6. The van der Waals surface area contributed by atoms with Crippen LogP contribution >= 0.6 is 0 Å². The molecule has 0 aromatic heterocycles. The van der Waals surface area contributed by atoms with Crippen molar-refractivity contribution in [2.75, 3.05) is 6.61 Å². The van der Waals surface area contributed by atoms with Gasteiger partial charge in [0, 0.05) is 23.7 Å². The molecule has 0 spiro atoms. The van der Waals surface area contributed by atoms with Gasteiger partial charge in [-0.1, -0.05) is 32.4 Å². The number of fused-ring (bicyclic) bond motifs is 5. The fraction of sp³-hybridized carbons (Fsp3) is 0.750. The molecule has 0 aliphatic heterocycles. The normalized spacial score (nSPS) is 48.3. The monoisotopic (exact) mass is 418 g/mol. The molecule has 3 saturated carbocycles. The summed E-state index contributed by atoms with van der Waals surface area (Å²) in [7, 11) is 0. The van der Waals surface area contributed by atoms with Crippen LogP contribution in [0.1, 0.15) is 53.4 Å². The lowest BCUT2D eigenvalue weighted by molar-refractivity contribution is -0.209. The van der Waals surface area contributed by atoms with Gasteiger partial charge in [-0.2, -0.15) is 0 Å². The van der Waals surface area contributed by atoms with Crippen molar-refractivity contribution >= 4 is 11.8 Å². The van der Waals surface area contributed by atoms with Gasteiger partial charge < -0.3 is 20.1 Å². The first-order chi connectivity index (χ1) is 13.9. The molecule has 30 heavy (non-hydrogen) atoms. The average Bonchev–Trinajstić information content (AvgIpc) is 2.93. The highest BCUT2D eigenvalue weighted by Crippen LogP contribution is 2.68. The average molecular weight is 419 g/mol. The quantitative estimate of drug-likeness (QED) is 0.607. The van der Waals surface area contributed by atoms with E-state index >= 15 is 0 Å². The van der Waals surface area contributed by atoms with Gasteiger partial charge in [0.15, 0.2) is 5.78 Å². The van der Waals surface area contributed by atoms with Gasteiger partial charge in [-0.25, -0.2) is 0 Å². The Bertz CT molecular complexity index is 817. The first kappa shape index (κ1) is 21.7. The molecule has 0 amide bonds. The van der Waals surface area contributed by atoms with E-state index < -0.39 is 29.2 Å². The Balaban J connectivity index is 1.69. The van der Waals surface area contributed by atoms with Gasteiger partial charge in [-0.15, -0.1) is 0 Å². The van der Waals surface area contributed by atoms with Crippen LogP contribution in [0.15, 0.2) is 23.8 Å². The van der Waals surface area contributed by atoms with Gasteiger partial charge in [0.05, 0.1) is 11.7 Å². The SMILES string of the molecule is CC(=O)OCC(O)[C@@]1(O)CC[C@H]2[C@@H]3C[C@H](C)C4=CC(=O)C=C[C@]4(C)[C@H]3[C@@H](O)C[C@@]21C. The Morgan fingerprint density at radius 1 is 1.37 bits per heavy atom. The van der Waals surface area contributed by atoms with Crippen LogP contribution in [0, 0.1) is 34.5 Å². The second-order valence-corrected chi connectivity index (χ2v) is 10.5. The minimum Gasteiger partial charge on any atom is -0.463 e. The minimum absolute atomic E-state index is 0.00625. The van der Waals surface area contributed by atoms with Gasteiger partial charge in [0.25, 0.3) is 0 Å². The topological polar surface area (TPSA) is 104 Å². The Hall–Kier alpha value is -1.50. The maximum absolute atomic E-state index is 12.0. The lowest BCUT2D eigenvalue weighted by atomic mass is 9.44. The highest BCUT2D eigenvalue weighted by atomic mass is 16.5. The minimum atomic E-state index is -1.42. The zero-order chi connectivity index (χ0) is 22.1. The Kier molecular flexibility index (Phi) is 5.07. The van der Waals surface area contributed by atoms with Gasteiger partial charge in [-0.3, -0.25) is 9.59 Å². The molecule has 3 N–H and O–H groups in total. The van der Waals surface area contributed by atoms with E-state index in [1.165, 1.54) is 6.92 Å². The van der Waals surface area contributed by atoms with E-state index in [0.29, 0.717) is 12.8 Å². The van der Waals surface area contributed by atoms with Crippen molar-refractivity contribution in [3.8, 4) is 0 Å². The van der Waals surface area contributed by atoms with E-state index in [2.05, 4.69) is 13.8 Å². The lowest BCUT2D eigenvalue weighted by Crippen LogP contribution is -2.63. The standard InChI is InChI=1S/C24H34O6/c1-13-9-16-17-6-8-24(29,20(28)12-30-14(2)25)23(17,4)11-19(27)21(16)22(3)7-5-15(26)10-18(13)22/h5,7,10,13,16-17,19-21,27-29H,6,8-9,11-12H2,1-4H3/t13-,16-,17-,19-,20?,21+,22-,23-,24-/m0/s1. The van der Waals surface area contributed by atoms with Crippen LogP contribution in [0.4, 0.5) is 0 Å². The number of aliphatic hydroxyl groups excluding tert-OH is 2. The van der Waals surface area contributed by atoms with Crippen LogP contribution in [0.2, 0.25) is 0 Å². The van der Waals surface area contributed by atoms with Gasteiger partial charge >= 0.3 is 5.97 Å². The van der Waals surface area contributed by atoms with Gasteiger partial charge in [-0.05, 0) is 55.6 Å². The first-order valence-electron chi connectivity index (χ1n) is 11.1. The maximum atomic E-state index is 12.0. The van der Waals surface area contributed by atoms with E-state index in [1.54, 1.807) is 12.2 Å². The maximum Gasteiger partial charge on any atom is 0.302 e. The number of esters is 1. The lowest BCUT2D eigenvalue weighted by Gasteiger charge is -2.61. The summed E-state index contributed by atoms with van der Waals surface area (Å²) in [6.45, 7) is 7.27. The highest BCUT2D eigenvalue weighted by Gasteiger charge is 2.68. The molecule has 6 heteroatoms. The predicted molar refractivity (Wildman–Crippen MR) is 110 cm³/mol. The summed E-state index contributed by atoms with van der Waals surface area (Å²) in [5.74, 6) is -0.00652. The number of carbonyl (C=O) groups excluding carboxylic acids is 2. The summed E-state index contributed by atoms with van der Waals surface area (Å²) in [5, 5.41) is 33.8. The fourth-order valence-electron chi connectivity index (χ4n) is 7.67. The number of aliphatic hydroxyl groups is 3. The van der Waals surface area contributed by atoms with Crippen molar-refractivity contribution in [3.63, 3.8) is 0 Å². The van der Waals surface area contributed by atoms with Crippen molar-refractivity contribution in [2.24, 2.45) is 34.5 Å². The smallest absolute Gasteiger partial charge is 0.302 e. The number of allylic oxidation sites excluding steroid dienone is 4. The molecular weight excluding hydrogens is 384 g/mol. The number of rotatable bonds is 3. The summed E-state index contributed by atoms with van der Waals surface area (Å²) in [6.07, 6.45) is 5.85. The van der Waals surface area contributed by atoms with Crippen LogP contribution in [-0.2, 0) is 14.3 Å². The van der Waals surface area contributed by atoms with E-state index in [9.17, 15) is 24.9 Å². The Morgan fingerprint density at radius 2 is 2.07 bits per heavy atom. The Morgan fingerprint density at radius 3 is 2.73 bits per heavy atom. The second kappa shape index (κ2) is 7.01. The largest absolute Gasteiger partial charge is 0.463 e. The molecule has 0 saturated heterocycles. The third-order valence-corrected chi connectivity index (χ3v) is 9.03. The number of carbonyl (C=O) groups is 2. The van der Waals surface area contributed by atoms with Gasteiger partial charge in [0.1, 0.15) is 12.7 Å². The summed E-state index contributed by atoms with van der Waals surface area (Å²) in [5.41, 5.74) is -1.38. The van der Waals surface area contributed by atoms with Crippen molar-refractivity contribution in [3.05, 3.63) is 23.8 Å². The summed E-state index contributed by atoms with van der Waals surface area (Å²) in [4.78, 5) is 23.2. The number of hydrogen-bond donors (Lipinski definition) is 3. The van der Waals surface area contributed by atoms with E-state index in [4.69, 9.17) is 4.74 Å². The molecule has 9 atom stereocenters. The zero-order valence-electron chi connectivity index (χ0n) is 18.3. The van der Waals surface area contributed by atoms with Crippen molar-refractivity contribution in [1.82, 2.24) is 0 Å². The molecule has 0 heterocycles. The Labute approximate surface area is 178 Å². The number of ketones is 1. The molecule has 0 aromatic carbocycles. The van der Waals surface area contributed by atoms with Crippen LogP contribution in [0.3, 0.4) is 0 Å². The van der Waals surface area contributed by atoms with Crippen LogP contribution in [0.5, 0.6) is 0 Å². The molecule has 4 aliphatic carbocycles. The summed E-state index contributed by atoms with van der Waals surface area (Å²) >= 11 is 0. The molecule has 4 aliphatic rings. The van der Waals surface area contributed by atoms with Crippen LogP contribution in [0.25, 0.3) is 0 Å². The predicted octanol–water partition coefficient (Wildman–Crippen LogP) is 2.17. The molecule has 0 bridgehead atoms. The molecule has 166 valence electrons. The third kappa shape index (κ3) is 2.87. The molecule has 1 unspecified atom stereocenters. The number of hydrogen-bond acceptors (Lipinski definition) is 6. The first-order valence-corrected chi connectivity index (χ1v) is 11.1. The van der Waals surface area contributed by atoms with Crippen molar-refractivity contribution in [1.29, 1.82) is 0 Å². The van der Waals surface area contributed by atoms with E-state index in [1.807, 2.05) is 13.0 Å². The van der Waals surface area contributed by atoms with Gasteiger partial charge in [0.2, 0.25) is 0 Å². The molecule has 4 rings (SSSR count). The fourth-order valence-corrected chi connectivity index (χ4v) is 7.67. The van der Waals surface area contributed by atoms with E-state index in [0.717, 1.165) is 18.4 Å². The molecule has 0 aromatic rings. The third-order valence-electron chi connectivity index (χ3n) is 9.03. The van der Waals surface area contributed by atoms with Crippen molar-refractivity contribution in [2.45, 2.75) is 71.2 Å². The second-order valence-electron chi connectivity index (χ2n) is 10.5. The molecule has 0 radical (unpaired) electrons. The molecule has 3 fully saturated rings. The van der Waals surface area contributed by atoms with Crippen LogP contribution in [-0.4, -0.2) is 51.5 Å². The van der Waals surface area contributed by atoms with Crippen LogP contribution < -0.4 is 0 Å². The summed E-state index contributed by atoms with van der Waals surface area (Å²) < 4.78 is 4.99. The highest BCUT2D eigenvalue weighted by molar-refractivity contribution is 6.01. The van der Waals surface area contributed by atoms with Crippen molar-refractivity contribution < 1.29 is 29.6 Å². The summed E-state index contributed by atoms with van der Waals surface area (Å²) in [6, 6.07) is 0. The van der Waals surface area contributed by atoms with E-state index in [-0.39, 0.29) is 41.5 Å².